The number of rotatable bonds is 5. The second-order valence-corrected chi connectivity index (χ2v) is 8.57. The molecule has 1 atom stereocenters. The quantitative estimate of drug-likeness (QED) is 0.323. The highest BCUT2D eigenvalue weighted by Gasteiger charge is 2.46. The van der Waals surface area contributed by atoms with E-state index in [4.69, 9.17) is 4.74 Å². The molecule has 2 fully saturated rings. The second kappa shape index (κ2) is 7.94. The first kappa shape index (κ1) is 21.0. The molecular weight excluding hydrogens is 374 g/mol. The summed E-state index contributed by atoms with van der Waals surface area (Å²) >= 11 is 0. The van der Waals surface area contributed by atoms with Crippen LogP contribution in [0.15, 0.2) is 35.5 Å². The number of ether oxygens (including phenoxy) is 1. The van der Waals surface area contributed by atoms with Crippen molar-refractivity contribution in [3.05, 3.63) is 51.2 Å². The summed E-state index contributed by atoms with van der Waals surface area (Å²) in [7, 11) is 0. The summed E-state index contributed by atoms with van der Waals surface area (Å²) in [6.45, 7) is 8.70. The molecule has 2 aliphatic heterocycles. The molecule has 8 heteroatoms. The van der Waals surface area contributed by atoms with E-state index in [0.29, 0.717) is 37.1 Å². The number of hydrogen-bond donors (Lipinski definition) is 0. The van der Waals surface area contributed by atoms with Crippen LogP contribution in [0.5, 0.6) is 0 Å². The van der Waals surface area contributed by atoms with Crippen molar-refractivity contribution in [1.82, 2.24) is 10.0 Å². The van der Waals surface area contributed by atoms with Gasteiger partial charge in [-0.25, -0.2) is 14.8 Å². The van der Waals surface area contributed by atoms with Crippen LogP contribution in [0.3, 0.4) is 0 Å². The zero-order chi connectivity index (χ0) is 21.3. The lowest BCUT2D eigenvalue weighted by Gasteiger charge is -2.26. The van der Waals surface area contributed by atoms with E-state index in [-0.39, 0.29) is 35.6 Å². The van der Waals surface area contributed by atoms with Crippen LogP contribution in [0.2, 0.25) is 0 Å². The first-order chi connectivity index (χ1) is 13.6. The Bertz CT molecular complexity index is 854. The van der Waals surface area contributed by atoms with E-state index in [1.54, 1.807) is 24.1 Å². The molecule has 2 saturated heterocycles. The Balaban J connectivity index is 2.03. The minimum atomic E-state index is -0.433. The zero-order valence-corrected chi connectivity index (χ0v) is 17.3. The average molecular weight is 401 g/mol. The van der Waals surface area contributed by atoms with E-state index in [2.05, 4.69) is 0 Å². The monoisotopic (exact) mass is 401 g/mol. The Labute approximate surface area is 170 Å². The van der Waals surface area contributed by atoms with Crippen molar-refractivity contribution in [3.8, 4) is 0 Å². The Morgan fingerprint density at radius 2 is 1.93 bits per heavy atom. The first-order valence-electron chi connectivity index (χ1n) is 9.85. The predicted octanol–water partition coefficient (Wildman–Crippen LogP) is 3.74. The van der Waals surface area contributed by atoms with Crippen LogP contribution in [-0.4, -0.2) is 40.0 Å². The number of hydrazine groups is 1. The fraction of sp³-hybridized carbons (Fsp3) is 0.524. The number of nitrogens with zero attached hydrogens (tertiary/aromatic N) is 3. The number of amides is 1. The van der Waals surface area contributed by atoms with Gasteiger partial charge in [-0.3, -0.25) is 14.9 Å². The maximum Gasteiger partial charge on any atom is 0.335 e. The molecule has 1 amide bonds. The summed E-state index contributed by atoms with van der Waals surface area (Å²) in [6, 6.07) is 6.24. The highest BCUT2D eigenvalue weighted by atomic mass is 16.6. The molecule has 2 heterocycles. The lowest BCUT2D eigenvalue weighted by molar-refractivity contribution is -0.384. The number of carbonyl (C=O) groups is 2. The average Bonchev–Trinajstić information content (AvgIpc) is 3.20. The van der Waals surface area contributed by atoms with Crippen molar-refractivity contribution >= 4 is 17.6 Å². The van der Waals surface area contributed by atoms with Crippen molar-refractivity contribution in [2.75, 3.05) is 13.2 Å². The van der Waals surface area contributed by atoms with Crippen LogP contribution < -0.4 is 0 Å². The normalized spacial score (nSPS) is 21.3. The molecule has 156 valence electrons. The van der Waals surface area contributed by atoms with Crippen LogP contribution in [0.4, 0.5) is 5.69 Å². The van der Waals surface area contributed by atoms with Gasteiger partial charge in [0.1, 0.15) is 0 Å². The summed E-state index contributed by atoms with van der Waals surface area (Å²) in [5, 5.41) is 14.5. The van der Waals surface area contributed by atoms with Crippen LogP contribution in [-0.2, 0) is 14.3 Å². The van der Waals surface area contributed by atoms with Crippen LogP contribution in [0.25, 0.3) is 0 Å². The zero-order valence-electron chi connectivity index (χ0n) is 17.3. The highest BCUT2D eigenvalue weighted by molar-refractivity contribution is 5.91. The smallest absolute Gasteiger partial charge is 0.335 e. The van der Waals surface area contributed by atoms with Gasteiger partial charge in [0.05, 0.1) is 28.8 Å². The molecular formula is C21H27N3O5. The van der Waals surface area contributed by atoms with E-state index in [1.165, 1.54) is 12.1 Å². The Hall–Kier alpha value is -2.74. The van der Waals surface area contributed by atoms with Crippen molar-refractivity contribution in [3.63, 3.8) is 0 Å². The Morgan fingerprint density at radius 3 is 2.48 bits per heavy atom. The molecule has 8 nitrogen and oxygen atoms in total. The molecule has 0 radical (unpaired) electrons. The summed E-state index contributed by atoms with van der Waals surface area (Å²) in [6.07, 6.45) is 1.35. The summed E-state index contributed by atoms with van der Waals surface area (Å²) < 4.78 is 5.30. The molecule has 2 aliphatic rings. The van der Waals surface area contributed by atoms with Gasteiger partial charge in [-0.05, 0) is 24.3 Å². The molecule has 29 heavy (non-hydrogen) atoms. The number of hydrogen-bond acceptors (Lipinski definition) is 6. The molecule has 0 aromatic heterocycles. The van der Waals surface area contributed by atoms with E-state index < -0.39 is 4.92 Å². The molecule has 0 spiro atoms. The summed E-state index contributed by atoms with van der Waals surface area (Å²) in [4.78, 5) is 35.9. The van der Waals surface area contributed by atoms with Gasteiger partial charge < -0.3 is 4.74 Å². The molecule has 3 rings (SSSR count). The fourth-order valence-electron chi connectivity index (χ4n) is 3.93. The van der Waals surface area contributed by atoms with Gasteiger partial charge in [0.15, 0.2) is 0 Å². The van der Waals surface area contributed by atoms with Crippen molar-refractivity contribution < 1.29 is 19.2 Å². The third-order valence-corrected chi connectivity index (χ3v) is 5.12. The number of fused-ring (bicyclic) bond motifs is 1. The number of nitro groups is 1. The van der Waals surface area contributed by atoms with Crippen LogP contribution >= 0.6 is 0 Å². The number of nitro benzene ring substituents is 1. The van der Waals surface area contributed by atoms with Gasteiger partial charge in [0.25, 0.3) is 5.69 Å². The standard InChI is InChI=1S/C21H27N3O5/c1-5-29-20(26)16(13-21(2,3)4)18-12-17(22-11-10-19(25)23(18)22)14-6-8-15(9-7-14)24(27)28/h6-9,17H,5,10-13H2,1-4H3/b18-16-. The number of esters is 1. The van der Waals surface area contributed by atoms with Gasteiger partial charge in [-0.15, -0.1) is 0 Å². The second-order valence-electron chi connectivity index (χ2n) is 8.57. The maximum atomic E-state index is 12.8. The third-order valence-electron chi connectivity index (χ3n) is 5.12. The Morgan fingerprint density at radius 1 is 1.28 bits per heavy atom. The SMILES string of the molecule is CCOC(=O)/C(CC(C)(C)C)=C1/CC(c2ccc([N+](=O)[O-])cc2)N2CCC(=O)N12. The fourth-order valence-corrected chi connectivity index (χ4v) is 3.93. The number of carbonyl (C=O) groups excluding carboxylic acids is 2. The van der Waals surface area contributed by atoms with Crippen molar-refractivity contribution in [2.45, 2.75) is 53.0 Å². The lowest BCUT2D eigenvalue weighted by atomic mass is 9.86. The Kier molecular flexibility index (Phi) is 5.75. The summed E-state index contributed by atoms with van der Waals surface area (Å²) in [5.74, 6) is -0.429. The van der Waals surface area contributed by atoms with Crippen molar-refractivity contribution in [2.24, 2.45) is 5.41 Å². The number of benzene rings is 1. The largest absolute Gasteiger partial charge is 0.463 e. The topological polar surface area (TPSA) is 93.0 Å². The lowest BCUT2D eigenvalue weighted by Crippen LogP contribution is -2.34. The molecule has 1 aromatic carbocycles. The molecule has 1 unspecified atom stereocenters. The molecule has 0 N–H and O–H groups in total. The summed E-state index contributed by atoms with van der Waals surface area (Å²) in [5.41, 5.74) is 1.96. The first-order valence-corrected chi connectivity index (χ1v) is 9.85. The predicted molar refractivity (Wildman–Crippen MR) is 106 cm³/mol. The van der Waals surface area contributed by atoms with E-state index in [9.17, 15) is 19.7 Å². The molecule has 0 aliphatic carbocycles. The van der Waals surface area contributed by atoms with Gasteiger partial charge >= 0.3 is 5.97 Å². The van der Waals surface area contributed by atoms with E-state index in [0.717, 1.165) is 5.56 Å². The van der Waals surface area contributed by atoms with Crippen LogP contribution in [0, 0.1) is 15.5 Å². The molecule has 1 aromatic rings. The van der Waals surface area contributed by atoms with Gasteiger partial charge in [0, 0.05) is 31.5 Å². The van der Waals surface area contributed by atoms with Crippen LogP contribution in [0.1, 0.15) is 58.6 Å². The molecule has 0 saturated carbocycles. The molecule has 0 bridgehead atoms. The minimum Gasteiger partial charge on any atom is -0.463 e. The third kappa shape index (κ3) is 4.32. The maximum absolute atomic E-state index is 12.8. The van der Waals surface area contributed by atoms with Gasteiger partial charge in [0.2, 0.25) is 5.91 Å². The van der Waals surface area contributed by atoms with Gasteiger partial charge in [-0.2, -0.15) is 0 Å². The number of non-ortho nitro benzene ring substituents is 1. The van der Waals surface area contributed by atoms with E-state index >= 15 is 0 Å². The van der Waals surface area contributed by atoms with Gasteiger partial charge in [-0.1, -0.05) is 32.9 Å². The highest BCUT2D eigenvalue weighted by Crippen LogP contribution is 2.45. The minimum absolute atomic E-state index is 0.0248. The van der Waals surface area contributed by atoms with E-state index in [1.807, 2.05) is 25.8 Å². The van der Waals surface area contributed by atoms with Crippen molar-refractivity contribution in [1.29, 1.82) is 0 Å².